The highest BCUT2D eigenvalue weighted by Crippen LogP contribution is 2.24. The Balaban J connectivity index is 2.38. The van der Waals surface area contributed by atoms with Crippen molar-refractivity contribution in [1.29, 1.82) is 0 Å². The van der Waals surface area contributed by atoms with Crippen LogP contribution in [0.2, 0.25) is 0 Å². The van der Waals surface area contributed by atoms with Crippen LogP contribution in [0.3, 0.4) is 0 Å². The molecule has 1 unspecified atom stereocenters. The van der Waals surface area contributed by atoms with Crippen molar-refractivity contribution in [2.45, 2.75) is 23.8 Å². The van der Waals surface area contributed by atoms with Gasteiger partial charge in [-0.25, -0.2) is 12.8 Å². The van der Waals surface area contributed by atoms with Gasteiger partial charge in [0, 0.05) is 18.8 Å². The fourth-order valence-electron chi connectivity index (χ4n) is 2.00. The first-order valence-electron chi connectivity index (χ1n) is 5.64. The molecule has 1 saturated heterocycles. The van der Waals surface area contributed by atoms with E-state index in [0.717, 1.165) is 16.4 Å². The zero-order chi connectivity index (χ0) is 13.3. The maximum atomic E-state index is 13.6. The van der Waals surface area contributed by atoms with Crippen molar-refractivity contribution >= 4 is 15.7 Å². The molecule has 0 spiro atoms. The van der Waals surface area contributed by atoms with Gasteiger partial charge < -0.3 is 10.8 Å². The minimum atomic E-state index is -3.93. The number of piperidine rings is 1. The Morgan fingerprint density at radius 1 is 1.44 bits per heavy atom. The normalized spacial score (nSPS) is 22.0. The van der Waals surface area contributed by atoms with Gasteiger partial charge in [-0.2, -0.15) is 4.31 Å². The van der Waals surface area contributed by atoms with Crippen molar-refractivity contribution < 1.29 is 17.9 Å². The highest BCUT2D eigenvalue weighted by molar-refractivity contribution is 7.89. The van der Waals surface area contributed by atoms with E-state index in [1.807, 2.05) is 0 Å². The number of aliphatic hydroxyl groups is 1. The molecule has 2 rings (SSSR count). The van der Waals surface area contributed by atoms with E-state index in [1.54, 1.807) is 0 Å². The predicted octanol–water partition coefficient (Wildman–Crippen LogP) is 0.553. The summed E-state index contributed by atoms with van der Waals surface area (Å²) >= 11 is 0. The van der Waals surface area contributed by atoms with E-state index in [9.17, 15) is 17.9 Å². The smallest absolute Gasteiger partial charge is 0.246 e. The number of benzene rings is 1. The van der Waals surface area contributed by atoms with E-state index in [2.05, 4.69) is 0 Å². The van der Waals surface area contributed by atoms with Crippen molar-refractivity contribution in [3.63, 3.8) is 0 Å². The van der Waals surface area contributed by atoms with Gasteiger partial charge in [0.1, 0.15) is 10.7 Å². The molecule has 0 amide bonds. The van der Waals surface area contributed by atoms with Crippen molar-refractivity contribution in [2.75, 3.05) is 18.8 Å². The largest absolute Gasteiger partial charge is 0.399 e. The molecule has 0 radical (unpaired) electrons. The molecule has 0 aromatic heterocycles. The average molecular weight is 274 g/mol. The number of aliphatic hydroxyl groups excluding tert-OH is 1. The first-order chi connectivity index (χ1) is 8.41. The van der Waals surface area contributed by atoms with Crippen LogP contribution in [-0.4, -0.2) is 37.0 Å². The van der Waals surface area contributed by atoms with Crippen molar-refractivity contribution in [1.82, 2.24) is 4.31 Å². The summed E-state index contributed by atoms with van der Waals surface area (Å²) in [5.74, 6) is -0.829. The molecule has 1 aromatic carbocycles. The Bertz CT molecular complexity index is 547. The molecule has 5 nitrogen and oxygen atoms in total. The number of hydrogen-bond acceptors (Lipinski definition) is 4. The topological polar surface area (TPSA) is 83.6 Å². The fourth-order valence-corrected chi connectivity index (χ4v) is 3.61. The highest BCUT2D eigenvalue weighted by Gasteiger charge is 2.31. The van der Waals surface area contributed by atoms with E-state index in [-0.39, 0.29) is 18.8 Å². The zero-order valence-electron chi connectivity index (χ0n) is 9.71. The summed E-state index contributed by atoms with van der Waals surface area (Å²) in [6.07, 6.45) is 0.424. The SMILES string of the molecule is Nc1ccc(F)c(S(=O)(=O)N2CCCC(O)C2)c1. The molecular formula is C11H15FN2O3S. The summed E-state index contributed by atoms with van der Waals surface area (Å²) in [5, 5.41) is 9.49. The van der Waals surface area contributed by atoms with Gasteiger partial charge in [-0.05, 0) is 31.0 Å². The van der Waals surface area contributed by atoms with E-state index >= 15 is 0 Å². The lowest BCUT2D eigenvalue weighted by atomic mass is 10.1. The third-order valence-electron chi connectivity index (χ3n) is 2.93. The first-order valence-corrected chi connectivity index (χ1v) is 7.08. The molecule has 0 aliphatic carbocycles. The van der Waals surface area contributed by atoms with Crippen LogP contribution in [0.5, 0.6) is 0 Å². The molecule has 18 heavy (non-hydrogen) atoms. The average Bonchev–Trinajstić information content (AvgIpc) is 2.32. The second kappa shape index (κ2) is 4.83. The Labute approximate surface area is 105 Å². The van der Waals surface area contributed by atoms with Crippen LogP contribution in [0.1, 0.15) is 12.8 Å². The Kier molecular flexibility index (Phi) is 3.56. The van der Waals surface area contributed by atoms with Gasteiger partial charge in [-0.15, -0.1) is 0 Å². The molecule has 1 aliphatic rings. The molecular weight excluding hydrogens is 259 g/mol. The number of β-amino-alcohol motifs (C(OH)–C–C–N with tert-alkyl or cyclic N) is 1. The number of anilines is 1. The van der Waals surface area contributed by atoms with Gasteiger partial charge in [0.25, 0.3) is 0 Å². The summed E-state index contributed by atoms with van der Waals surface area (Å²) < 4.78 is 39.1. The minimum Gasteiger partial charge on any atom is -0.399 e. The van der Waals surface area contributed by atoms with Gasteiger partial charge in [-0.3, -0.25) is 0 Å². The van der Waals surface area contributed by atoms with E-state index in [4.69, 9.17) is 5.73 Å². The number of halogens is 1. The molecule has 1 aromatic rings. The predicted molar refractivity (Wildman–Crippen MR) is 64.8 cm³/mol. The quantitative estimate of drug-likeness (QED) is 0.772. The van der Waals surface area contributed by atoms with E-state index < -0.39 is 26.8 Å². The van der Waals surface area contributed by atoms with Crippen LogP contribution < -0.4 is 5.73 Å². The van der Waals surface area contributed by atoms with Gasteiger partial charge in [0.15, 0.2) is 0 Å². The number of rotatable bonds is 2. The van der Waals surface area contributed by atoms with Gasteiger partial charge in [-0.1, -0.05) is 0 Å². The summed E-state index contributed by atoms with van der Waals surface area (Å²) in [6, 6.07) is 3.44. The first kappa shape index (κ1) is 13.3. The Morgan fingerprint density at radius 3 is 2.83 bits per heavy atom. The second-order valence-electron chi connectivity index (χ2n) is 4.35. The lowest BCUT2D eigenvalue weighted by molar-refractivity contribution is 0.108. The summed E-state index contributed by atoms with van der Waals surface area (Å²) in [6.45, 7) is 0.282. The van der Waals surface area contributed by atoms with Crippen LogP contribution in [0.25, 0.3) is 0 Å². The van der Waals surface area contributed by atoms with Crippen molar-refractivity contribution in [3.05, 3.63) is 24.0 Å². The van der Waals surface area contributed by atoms with Crippen LogP contribution in [-0.2, 0) is 10.0 Å². The highest BCUT2D eigenvalue weighted by atomic mass is 32.2. The van der Waals surface area contributed by atoms with Crippen molar-refractivity contribution in [2.24, 2.45) is 0 Å². The lowest BCUT2D eigenvalue weighted by Gasteiger charge is -2.29. The van der Waals surface area contributed by atoms with E-state index in [1.165, 1.54) is 6.07 Å². The summed E-state index contributed by atoms with van der Waals surface area (Å²) in [4.78, 5) is -0.434. The standard InChI is InChI=1S/C11H15FN2O3S/c12-10-4-3-8(13)6-11(10)18(16,17)14-5-1-2-9(15)7-14/h3-4,6,9,15H,1-2,5,7,13H2. The lowest BCUT2D eigenvalue weighted by Crippen LogP contribution is -2.42. The van der Waals surface area contributed by atoms with Gasteiger partial charge in [0.05, 0.1) is 6.10 Å². The number of nitrogens with two attached hydrogens (primary N) is 1. The zero-order valence-corrected chi connectivity index (χ0v) is 10.5. The number of hydrogen-bond donors (Lipinski definition) is 2. The molecule has 1 aliphatic heterocycles. The molecule has 1 fully saturated rings. The molecule has 0 saturated carbocycles. The van der Waals surface area contributed by atoms with Crippen LogP contribution >= 0.6 is 0 Å². The summed E-state index contributed by atoms with van der Waals surface area (Å²) in [5.41, 5.74) is 5.67. The monoisotopic (exact) mass is 274 g/mol. The minimum absolute atomic E-state index is 0.00340. The van der Waals surface area contributed by atoms with Gasteiger partial charge in [0.2, 0.25) is 10.0 Å². The van der Waals surface area contributed by atoms with Crippen LogP contribution in [0.15, 0.2) is 23.1 Å². The maximum absolute atomic E-state index is 13.6. The number of nitrogen functional groups attached to an aromatic ring is 1. The number of nitrogens with zero attached hydrogens (tertiary/aromatic N) is 1. The Morgan fingerprint density at radius 2 is 2.17 bits per heavy atom. The van der Waals surface area contributed by atoms with Crippen molar-refractivity contribution in [3.8, 4) is 0 Å². The summed E-state index contributed by atoms with van der Waals surface area (Å²) in [7, 11) is -3.93. The molecule has 3 N–H and O–H groups in total. The molecule has 100 valence electrons. The number of sulfonamides is 1. The molecule has 1 heterocycles. The molecule has 1 atom stereocenters. The Hall–Kier alpha value is -1.18. The second-order valence-corrected chi connectivity index (χ2v) is 6.26. The maximum Gasteiger partial charge on any atom is 0.246 e. The fraction of sp³-hybridized carbons (Fsp3) is 0.455. The van der Waals surface area contributed by atoms with Crippen LogP contribution in [0, 0.1) is 5.82 Å². The molecule has 0 bridgehead atoms. The third kappa shape index (κ3) is 2.47. The van der Waals surface area contributed by atoms with E-state index in [0.29, 0.717) is 12.8 Å². The third-order valence-corrected chi connectivity index (χ3v) is 4.81. The van der Waals surface area contributed by atoms with Gasteiger partial charge >= 0.3 is 0 Å². The van der Waals surface area contributed by atoms with Crippen LogP contribution in [0.4, 0.5) is 10.1 Å². The molecule has 7 heteroatoms.